The number of ether oxygens (including phenoxy) is 1. The van der Waals surface area contributed by atoms with Crippen LogP contribution in [0, 0.1) is 5.41 Å². The van der Waals surface area contributed by atoms with Gasteiger partial charge >= 0.3 is 0 Å². The van der Waals surface area contributed by atoms with Crippen molar-refractivity contribution in [3.05, 3.63) is 54.7 Å². The highest BCUT2D eigenvalue weighted by atomic mass is 16.5. The molecule has 0 unspecified atom stereocenters. The van der Waals surface area contributed by atoms with Crippen molar-refractivity contribution in [1.82, 2.24) is 15.1 Å². The Balaban J connectivity index is 1.32. The Morgan fingerprint density at radius 3 is 2.68 bits per heavy atom. The standard InChI is InChI=1S/C23H24N4O4/c1-30-20-12-18(2-3-19(20)17-13-24-25-14-17)27-10-7-23(22(27)29)5-8-26(9-6-23)21(28)16-4-11-31-15-16/h2-4,11-15H,5-10H2,1H3,(H,24,25). The molecule has 0 atom stereocenters. The molecule has 0 saturated carbocycles. The molecule has 2 fully saturated rings. The summed E-state index contributed by atoms with van der Waals surface area (Å²) >= 11 is 0. The van der Waals surface area contributed by atoms with Gasteiger partial charge in [-0.05, 0) is 37.5 Å². The van der Waals surface area contributed by atoms with Crippen LogP contribution in [-0.2, 0) is 4.79 Å². The van der Waals surface area contributed by atoms with Crippen LogP contribution in [0.4, 0.5) is 5.69 Å². The maximum atomic E-state index is 13.5. The number of anilines is 1. The molecule has 2 aromatic heterocycles. The summed E-state index contributed by atoms with van der Waals surface area (Å²) in [5, 5.41) is 6.81. The largest absolute Gasteiger partial charge is 0.496 e. The van der Waals surface area contributed by atoms with Gasteiger partial charge in [-0.2, -0.15) is 5.10 Å². The Hall–Kier alpha value is -3.55. The molecule has 8 heteroatoms. The maximum absolute atomic E-state index is 13.5. The molecule has 0 radical (unpaired) electrons. The van der Waals surface area contributed by atoms with Gasteiger partial charge in [0.1, 0.15) is 12.0 Å². The number of aromatic amines is 1. The molecule has 8 nitrogen and oxygen atoms in total. The van der Waals surface area contributed by atoms with Crippen LogP contribution in [0.1, 0.15) is 29.6 Å². The fourth-order valence-electron chi connectivity index (χ4n) is 4.72. The van der Waals surface area contributed by atoms with E-state index in [-0.39, 0.29) is 11.8 Å². The normalized spacial score (nSPS) is 18.0. The lowest BCUT2D eigenvalue weighted by molar-refractivity contribution is -0.127. The summed E-state index contributed by atoms with van der Waals surface area (Å²) in [5.41, 5.74) is 2.85. The predicted molar refractivity (Wildman–Crippen MR) is 114 cm³/mol. The van der Waals surface area contributed by atoms with Gasteiger partial charge in [-0.25, -0.2) is 0 Å². The van der Waals surface area contributed by atoms with Crippen molar-refractivity contribution < 1.29 is 18.7 Å². The molecule has 31 heavy (non-hydrogen) atoms. The van der Waals surface area contributed by atoms with E-state index in [0.29, 0.717) is 43.8 Å². The first-order chi connectivity index (χ1) is 15.1. The van der Waals surface area contributed by atoms with Gasteiger partial charge in [-0.1, -0.05) is 0 Å². The number of benzene rings is 1. The van der Waals surface area contributed by atoms with Gasteiger partial charge in [0.15, 0.2) is 0 Å². The predicted octanol–water partition coefficient (Wildman–Crippen LogP) is 3.34. The number of aromatic nitrogens is 2. The van der Waals surface area contributed by atoms with Crippen LogP contribution in [-0.4, -0.2) is 53.7 Å². The summed E-state index contributed by atoms with van der Waals surface area (Å²) in [4.78, 5) is 29.7. The molecule has 160 valence electrons. The fraction of sp³-hybridized carbons (Fsp3) is 0.348. The molecule has 4 heterocycles. The molecule has 2 saturated heterocycles. The average Bonchev–Trinajstić information content (AvgIpc) is 3.57. The van der Waals surface area contributed by atoms with Crippen LogP contribution in [0.2, 0.25) is 0 Å². The number of methoxy groups -OCH3 is 1. The number of nitrogens with zero attached hydrogens (tertiary/aromatic N) is 3. The molecular formula is C23H24N4O4. The minimum absolute atomic E-state index is 0.0366. The van der Waals surface area contributed by atoms with Crippen LogP contribution in [0.15, 0.2) is 53.6 Å². The molecule has 0 aliphatic carbocycles. The second kappa shape index (κ2) is 7.61. The molecule has 3 aromatic rings. The summed E-state index contributed by atoms with van der Waals surface area (Å²) < 4.78 is 10.6. The Labute approximate surface area is 179 Å². The number of H-pyrrole nitrogens is 1. The van der Waals surface area contributed by atoms with Crippen molar-refractivity contribution in [3.63, 3.8) is 0 Å². The van der Waals surface area contributed by atoms with Crippen molar-refractivity contribution >= 4 is 17.5 Å². The Kier molecular flexibility index (Phi) is 4.77. The number of piperidine rings is 1. The molecule has 2 aliphatic rings. The summed E-state index contributed by atoms with van der Waals surface area (Å²) in [6.07, 6.45) is 8.68. The number of rotatable bonds is 4. The minimum Gasteiger partial charge on any atom is -0.496 e. The smallest absolute Gasteiger partial charge is 0.257 e. The summed E-state index contributed by atoms with van der Waals surface area (Å²) in [7, 11) is 1.63. The lowest BCUT2D eigenvalue weighted by atomic mass is 9.77. The maximum Gasteiger partial charge on any atom is 0.257 e. The number of carbonyl (C=O) groups is 2. The van der Waals surface area contributed by atoms with E-state index >= 15 is 0 Å². The van der Waals surface area contributed by atoms with Crippen LogP contribution >= 0.6 is 0 Å². The fourth-order valence-corrected chi connectivity index (χ4v) is 4.72. The summed E-state index contributed by atoms with van der Waals surface area (Å²) in [5.74, 6) is 0.805. The minimum atomic E-state index is -0.399. The van der Waals surface area contributed by atoms with E-state index in [2.05, 4.69) is 10.2 Å². The molecular weight excluding hydrogens is 396 g/mol. The zero-order chi connectivity index (χ0) is 21.4. The van der Waals surface area contributed by atoms with Crippen LogP contribution in [0.5, 0.6) is 5.75 Å². The van der Waals surface area contributed by atoms with Gasteiger partial charge in [-0.3, -0.25) is 14.7 Å². The van der Waals surface area contributed by atoms with E-state index in [1.807, 2.05) is 34.2 Å². The summed E-state index contributed by atoms with van der Waals surface area (Å²) in [6.45, 7) is 1.82. The SMILES string of the molecule is COc1cc(N2CCC3(CCN(C(=O)c4ccoc4)CC3)C2=O)ccc1-c1cn[nH]c1. The van der Waals surface area contributed by atoms with Gasteiger partial charge in [0.2, 0.25) is 5.91 Å². The number of hydrogen-bond donors (Lipinski definition) is 1. The van der Waals surface area contributed by atoms with E-state index in [9.17, 15) is 9.59 Å². The molecule has 2 amide bonds. The number of hydrogen-bond acceptors (Lipinski definition) is 5. The monoisotopic (exact) mass is 420 g/mol. The highest BCUT2D eigenvalue weighted by molar-refractivity contribution is 6.01. The third kappa shape index (κ3) is 3.28. The third-order valence-electron chi connectivity index (χ3n) is 6.59. The van der Waals surface area contributed by atoms with Crippen molar-refractivity contribution in [1.29, 1.82) is 0 Å². The number of nitrogens with one attached hydrogen (secondary N) is 1. The molecule has 1 N–H and O–H groups in total. The number of furan rings is 1. The Bertz CT molecular complexity index is 1080. The summed E-state index contributed by atoms with van der Waals surface area (Å²) in [6, 6.07) is 7.51. The first-order valence-corrected chi connectivity index (χ1v) is 10.4. The third-order valence-corrected chi connectivity index (χ3v) is 6.59. The molecule has 5 rings (SSSR count). The average molecular weight is 420 g/mol. The van der Waals surface area contributed by atoms with Gasteiger partial charge in [-0.15, -0.1) is 0 Å². The first kappa shape index (κ1) is 19.4. The van der Waals surface area contributed by atoms with E-state index < -0.39 is 5.41 Å². The van der Waals surface area contributed by atoms with Crippen molar-refractivity contribution in [2.75, 3.05) is 31.6 Å². The number of amides is 2. The molecule has 1 aromatic carbocycles. The van der Waals surface area contributed by atoms with Crippen molar-refractivity contribution in [3.8, 4) is 16.9 Å². The lowest BCUT2D eigenvalue weighted by Crippen LogP contribution is -2.46. The highest BCUT2D eigenvalue weighted by Crippen LogP contribution is 2.44. The topological polar surface area (TPSA) is 91.7 Å². The Morgan fingerprint density at radius 1 is 1.19 bits per heavy atom. The zero-order valence-electron chi connectivity index (χ0n) is 17.3. The van der Waals surface area contributed by atoms with E-state index in [0.717, 1.165) is 23.2 Å². The number of carbonyl (C=O) groups excluding carboxylic acids is 2. The lowest BCUT2D eigenvalue weighted by Gasteiger charge is -2.37. The van der Waals surface area contributed by atoms with Crippen LogP contribution < -0.4 is 9.64 Å². The van der Waals surface area contributed by atoms with E-state index in [1.54, 1.807) is 19.4 Å². The van der Waals surface area contributed by atoms with Crippen molar-refractivity contribution in [2.24, 2.45) is 5.41 Å². The number of likely N-dealkylation sites (tertiary alicyclic amines) is 1. The van der Waals surface area contributed by atoms with Crippen LogP contribution in [0.25, 0.3) is 11.1 Å². The van der Waals surface area contributed by atoms with E-state index in [4.69, 9.17) is 9.15 Å². The molecule has 1 spiro atoms. The molecule has 2 aliphatic heterocycles. The van der Waals surface area contributed by atoms with Gasteiger partial charge in [0.25, 0.3) is 5.91 Å². The second-order valence-corrected chi connectivity index (χ2v) is 8.16. The first-order valence-electron chi connectivity index (χ1n) is 10.4. The quantitative estimate of drug-likeness (QED) is 0.699. The van der Waals surface area contributed by atoms with Gasteiger partial charge in [0, 0.05) is 48.7 Å². The second-order valence-electron chi connectivity index (χ2n) is 8.16. The van der Waals surface area contributed by atoms with E-state index in [1.165, 1.54) is 12.5 Å². The molecule has 0 bridgehead atoms. The highest BCUT2D eigenvalue weighted by Gasteiger charge is 2.49. The van der Waals surface area contributed by atoms with Gasteiger partial charge < -0.3 is 19.0 Å². The van der Waals surface area contributed by atoms with Crippen molar-refractivity contribution in [2.45, 2.75) is 19.3 Å². The zero-order valence-corrected chi connectivity index (χ0v) is 17.3. The Morgan fingerprint density at radius 2 is 2.00 bits per heavy atom. The van der Waals surface area contributed by atoms with Gasteiger partial charge in [0.05, 0.1) is 30.5 Å². The van der Waals surface area contributed by atoms with Crippen LogP contribution in [0.3, 0.4) is 0 Å².